The number of carbonyl (C=O) groups is 5. The molecular formula is C34H46N2O7. The first kappa shape index (κ1) is 35.3. The van der Waals surface area contributed by atoms with Crippen LogP contribution in [0.4, 0.5) is 0 Å². The Morgan fingerprint density at radius 2 is 1.23 bits per heavy atom. The molecule has 0 aliphatic carbocycles. The molecule has 2 aromatic rings. The highest BCUT2D eigenvalue weighted by molar-refractivity contribution is 5.95. The summed E-state index contributed by atoms with van der Waals surface area (Å²) in [7, 11) is 0. The van der Waals surface area contributed by atoms with Gasteiger partial charge in [0.15, 0.2) is 5.78 Å². The highest BCUT2D eigenvalue weighted by Gasteiger charge is 2.32. The number of hydrogen-bond acceptors (Lipinski definition) is 7. The summed E-state index contributed by atoms with van der Waals surface area (Å²) in [5, 5.41) is 15.3. The van der Waals surface area contributed by atoms with E-state index in [-0.39, 0.29) is 31.0 Å². The summed E-state index contributed by atoms with van der Waals surface area (Å²) in [5.74, 6) is -4.11. The minimum atomic E-state index is -1.25. The first-order chi connectivity index (χ1) is 20.2. The number of hydrogen-bond donors (Lipinski definition) is 3. The predicted octanol–water partition coefficient (Wildman–Crippen LogP) is 3.60. The van der Waals surface area contributed by atoms with Crippen LogP contribution < -0.4 is 10.6 Å². The maximum Gasteiger partial charge on any atom is 0.329 e. The molecule has 43 heavy (non-hydrogen) atoms. The number of aliphatic hydroxyl groups is 1. The molecule has 3 N–H and O–H groups in total. The molecule has 0 bridgehead atoms. The molecule has 2 amide bonds. The van der Waals surface area contributed by atoms with E-state index in [2.05, 4.69) is 10.6 Å². The summed E-state index contributed by atoms with van der Waals surface area (Å²) < 4.78 is 5.52. The minimum Gasteiger partial charge on any atom is -0.458 e. The number of carbonyl (C=O) groups excluding carboxylic acids is 5. The van der Waals surface area contributed by atoms with E-state index >= 15 is 0 Å². The molecule has 0 heterocycles. The van der Waals surface area contributed by atoms with Gasteiger partial charge in [-0.3, -0.25) is 19.2 Å². The zero-order chi connectivity index (χ0) is 32.2. The number of rotatable bonds is 16. The average molecular weight is 595 g/mol. The van der Waals surface area contributed by atoms with Gasteiger partial charge in [-0.1, -0.05) is 81.4 Å². The van der Waals surface area contributed by atoms with Crippen molar-refractivity contribution in [3.63, 3.8) is 0 Å². The van der Waals surface area contributed by atoms with Gasteiger partial charge in [0.05, 0.1) is 6.61 Å². The van der Waals surface area contributed by atoms with E-state index in [4.69, 9.17) is 4.74 Å². The van der Waals surface area contributed by atoms with Gasteiger partial charge in [0.2, 0.25) is 11.8 Å². The largest absolute Gasteiger partial charge is 0.458 e. The van der Waals surface area contributed by atoms with Gasteiger partial charge in [-0.05, 0) is 38.3 Å². The van der Waals surface area contributed by atoms with Crippen LogP contribution >= 0.6 is 0 Å². The second-order valence-corrected chi connectivity index (χ2v) is 12.3. The van der Waals surface area contributed by atoms with E-state index in [0.717, 1.165) is 11.1 Å². The number of nitrogens with one attached hydrogen (secondary N) is 2. The lowest BCUT2D eigenvalue weighted by Gasteiger charge is -2.26. The smallest absolute Gasteiger partial charge is 0.329 e. The predicted molar refractivity (Wildman–Crippen MR) is 164 cm³/mol. The van der Waals surface area contributed by atoms with Crippen molar-refractivity contribution < 1.29 is 33.8 Å². The van der Waals surface area contributed by atoms with Crippen molar-refractivity contribution in [2.45, 2.75) is 84.9 Å². The fourth-order valence-corrected chi connectivity index (χ4v) is 4.42. The Kier molecular flexibility index (Phi) is 13.7. The molecule has 0 fully saturated rings. The molecule has 234 valence electrons. The number of ether oxygens (including phenoxy) is 1. The van der Waals surface area contributed by atoms with Gasteiger partial charge in [-0.15, -0.1) is 0 Å². The standard InChI is InChI=1S/C34H46N2O7/c1-22(2)29(38)20-26(18-24-13-9-7-10-14-24)32(41)36-28(21-37)30(39)17-23(3)31(40)35-27(33(42)43-34(4,5)6)19-25-15-11-8-12-16-25/h7-16,22-23,26-28,37H,17-21H2,1-6H3,(H,35,40)(H,36,41)/t23-,26-,27+,28+/m1/s1. The molecule has 0 aromatic heterocycles. The quantitative estimate of drug-likeness (QED) is 0.253. The maximum absolute atomic E-state index is 13.2. The van der Waals surface area contributed by atoms with Gasteiger partial charge in [0.1, 0.15) is 23.5 Å². The van der Waals surface area contributed by atoms with Gasteiger partial charge >= 0.3 is 5.97 Å². The molecule has 0 saturated heterocycles. The Morgan fingerprint density at radius 1 is 0.721 bits per heavy atom. The van der Waals surface area contributed by atoms with Crippen LogP contribution in [0.25, 0.3) is 0 Å². The van der Waals surface area contributed by atoms with Crippen molar-refractivity contribution in [1.29, 1.82) is 0 Å². The van der Waals surface area contributed by atoms with E-state index in [1.165, 1.54) is 6.92 Å². The maximum atomic E-state index is 13.2. The third-order valence-corrected chi connectivity index (χ3v) is 6.92. The zero-order valence-electron chi connectivity index (χ0n) is 26.1. The SMILES string of the molecule is CC(C)C(=O)C[C@@H](Cc1ccccc1)C(=O)N[C@@H](CO)C(=O)C[C@@H](C)C(=O)N[C@@H](Cc1ccccc1)C(=O)OC(C)(C)C. The number of Topliss-reactive ketones (excluding diaryl/α,β-unsaturated/α-hetero) is 2. The van der Waals surface area contributed by atoms with Crippen molar-refractivity contribution in [1.82, 2.24) is 10.6 Å². The first-order valence-electron chi connectivity index (χ1n) is 14.8. The number of aliphatic hydroxyl groups excluding tert-OH is 1. The molecule has 0 aliphatic heterocycles. The lowest BCUT2D eigenvalue weighted by atomic mass is 9.89. The van der Waals surface area contributed by atoms with E-state index in [1.807, 2.05) is 60.7 Å². The lowest BCUT2D eigenvalue weighted by molar-refractivity contribution is -0.158. The Hall–Kier alpha value is -3.85. The highest BCUT2D eigenvalue weighted by Crippen LogP contribution is 2.17. The fourth-order valence-electron chi connectivity index (χ4n) is 4.42. The van der Waals surface area contributed by atoms with E-state index < -0.39 is 59.7 Å². The third kappa shape index (κ3) is 12.5. The Morgan fingerprint density at radius 3 is 1.72 bits per heavy atom. The Labute approximate surface area is 254 Å². The number of benzene rings is 2. The molecule has 2 aromatic carbocycles. The van der Waals surface area contributed by atoms with Crippen LogP contribution in [0.15, 0.2) is 60.7 Å². The molecule has 0 unspecified atom stereocenters. The molecule has 4 atom stereocenters. The van der Waals surface area contributed by atoms with Crippen LogP contribution in [0.2, 0.25) is 0 Å². The minimum absolute atomic E-state index is 0.00297. The van der Waals surface area contributed by atoms with Gasteiger partial charge in [0.25, 0.3) is 0 Å². The van der Waals surface area contributed by atoms with Gasteiger partial charge in [-0.2, -0.15) is 0 Å². The Bertz CT molecular complexity index is 1220. The summed E-state index contributed by atoms with van der Waals surface area (Å²) in [5.41, 5.74) is 0.932. The number of ketones is 2. The van der Waals surface area contributed by atoms with Crippen molar-refractivity contribution in [2.24, 2.45) is 17.8 Å². The van der Waals surface area contributed by atoms with Crippen LogP contribution in [-0.2, 0) is 41.6 Å². The summed E-state index contributed by atoms with van der Waals surface area (Å²) in [4.78, 5) is 64.9. The van der Waals surface area contributed by atoms with Gasteiger partial charge < -0.3 is 20.5 Å². The van der Waals surface area contributed by atoms with Gasteiger partial charge in [0, 0.05) is 37.0 Å². The molecule has 0 aliphatic rings. The topological polar surface area (TPSA) is 139 Å². The van der Waals surface area contributed by atoms with E-state index in [0.29, 0.717) is 6.42 Å². The first-order valence-corrected chi connectivity index (χ1v) is 14.8. The molecule has 9 nitrogen and oxygen atoms in total. The molecule has 9 heteroatoms. The van der Waals surface area contributed by atoms with Crippen molar-refractivity contribution in [2.75, 3.05) is 6.61 Å². The molecular weight excluding hydrogens is 548 g/mol. The third-order valence-electron chi connectivity index (χ3n) is 6.92. The van der Waals surface area contributed by atoms with Crippen molar-refractivity contribution in [3.05, 3.63) is 71.8 Å². The zero-order valence-corrected chi connectivity index (χ0v) is 26.1. The summed E-state index contributed by atoms with van der Waals surface area (Å²) >= 11 is 0. The van der Waals surface area contributed by atoms with Crippen LogP contribution in [0, 0.1) is 17.8 Å². The van der Waals surface area contributed by atoms with E-state index in [9.17, 15) is 29.1 Å². The molecule has 0 saturated carbocycles. The van der Waals surface area contributed by atoms with Crippen molar-refractivity contribution >= 4 is 29.4 Å². The summed E-state index contributed by atoms with van der Waals surface area (Å²) in [6, 6.07) is 16.2. The average Bonchev–Trinajstić information content (AvgIpc) is 2.94. The second kappa shape index (κ2) is 16.7. The fraction of sp³-hybridized carbons (Fsp3) is 0.500. The number of esters is 1. The highest BCUT2D eigenvalue weighted by atomic mass is 16.6. The monoisotopic (exact) mass is 594 g/mol. The van der Waals surface area contributed by atoms with Crippen LogP contribution in [-0.4, -0.2) is 58.7 Å². The molecule has 0 spiro atoms. The summed E-state index contributed by atoms with van der Waals surface area (Å²) in [6.45, 7) is 9.61. The lowest BCUT2D eigenvalue weighted by Crippen LogP contribution is -2.49. The molecule has 2 rings (SSSR count). The van der Waals surface area contributed by atoms with Crippen LogP contribution in [0.3, 0.4) is 0 Å². The number of amides is 2. The van der Waals surface area contributed by atoms with Crippen LogP contribution in [0.1, 0.15) is 65.5 Å². The Balaban J connectivity index is 2.09. The van der Waals surface area contributed by atoms with Crippen molar-refractivity contribution in [3.8, 4) is 0 Å². The van der Waals surface area contributed by atoms with E-state index in [1.54, 1.807) is 34.6 Å². The normalized spacial score (nSPS) is 14.2. The van der Waals surface area contributed by atoms with Gasteiger partial charge in [-0.25, -0.2) is 4.79 Å². The van der Waals surface area contributed by atoms with Crippen LogP contribution in [0.5, 0.6) is 0 Å². The molecule has 0 radical (unpaired) electrons. The second-order valence-electron chi connectivity index (χ2n) is 12.3. The summed E-state index contributed by atoms with van der Waals surface area (Å²) in [6.07, 6.45) is 0.216.